The number of aromatic nitrogens is 2. The maximum Gasteiger partial charge on any atom is 0.225 e. The fourth-order valence-corrected chi connectivity index (χ4v) is 6.40. The molecule has 2 N–H and O–H groups in total. The first-order valence-electron chi connectivity index (χ1n) is 11.9. The van der Waals surface area contributed by atoms with E-state index in [2.05, 4.69) is 37.3 Å². The molecule has 0 spiro atoms. The first kappa shape index (κ1) is 23.7. The highest BCUT2D eigenvalue weighted by Crippen LogP contribution is 2.42. The Balaban J connectivity index is 1.53. The fraction of sp³-hybridized carbons (Fsp3) is 0.462. The van der Waals surface area contributed by atoms with Crippen LogP contribution in [0.5, 0.6) is 0 Å². The van der Waals surface area contributed by atoms with E-state index in [0.717, 1.165) is 52.2 Å². The zero-order valence-electron chi connectivity index (χ0n) is 20.9. The number of rotatable bonds is 6. The topological polar surface area (TPSA) is 94.0 Å². The molecule has 35 heavy (non-hydrogen) atoms. The molecule has 2 aliphatic rings. The second-order valence-corrected chi connectivity index (χ2v) is 11.5. The number of aryl methyl sites for hydroxylation is 1. The molecule has 1 aliphatic heterocycles. The molecule has 0 unspecified atom stereocenters. The Morgan fingerprint density at radius 1 is 1.26 bits per heavy atom. The van der Waals surface area contributed by atoms with Gasteiger partial charge in [-0.2, -0.15) is 0 Å². The summed E-state index contributed by atoms with van der Waals surface area (Å²) in [5.41, 5.74) is 4.59. The fourth-order valence-electron chi connectivity index (χ4n) is 5.14. The van der Waals surface area contributed by atoms with Crippen molar-refractivity contribution in [1.82, 2.24) is 14.9 Å². The van der Waals surface area contributed by atoms with E-state index in [9.17, 15) is 9.90 Å². The van der Waals surface area contributed by atoms with Gasteiger partial charge in [-0.3, -0.25) is 9.79 Å². The highest BCUT2D eigenvalue weighted by molar-refractivity contribution is 7.19. The van der Waals surface area contributed by atoms with Gasteiger partial charge < -0.3 is 20.2 Å². The minimum absolute atomic E-state index is 0.0213. The summed E-state index contributed by atoms with van der Waals surface area (Å²) in [6, 6.07) is 4.26. The summed E-state index contributed by atoms with van der Waals surface area (Å²) in [5, 5.41) is 15.1. The van der Waals surface area contributed by atoms with Crippen LogP contribution >= 0.6 is 11.3 Å². The van der Waals surface area contributed by atoms with Crippen LogP contribution in [0.2, 0.25) is 0 Å². The number of benzene rings is 1. The van der Waals surface area contributed by atoms with Crippen LogP contribution in [0.25, 0.3) is 10.2 Å². The van der Waals surface area contributed by atoms with E-state index in [1.54, 1.807) is 22.6 Å². The number of carbonyl (C=O) groups excluding carboxylic acids is 1. The third kappa shape index (κ3) is 4.62. The van der Waals surface area contributed by atoms with Gasteiger partial charge in [0.05, 0.1) is 28.9 Å². The van der Waals surface area contributed by atoms with Gasteiger partial charge in [0.2, 0.25) is 5.91 Å². The Morgan fingerprint density at radius 2 is 2.06 bits per heavy atom. The Labute approximate surface area is 209 Å². The number of fused-ring (bicyclic) bond motifs is 4. The number of hydrogen-bond donors (Lipinski definition) is 2. The highest BCUT2D eigenvalue weighted by Gasteiger charge is 2.30. The Morgan fingerprint density at radius 3 is 2.80 bits per heavy atom. The summed E-state index contributed by atoms with van der Waals surface area (Å²) in [4.78, 5) is 32.2. The van der Waals surface area contributed by atoms with E-state index in [1.165, 1.54) is 16.0 Å². The summed E-state index contributed by atoms with van der Waals surface area (Å²) in [6.45, 7) is 4.78. The summed E-state index contributed by atoms with van der Waals surface area (Å²) >= 11 is 1.67. The van der Waals surface area contributed by atoms with Crippen LogP contribution < -0.4 is 10.2 Å². The summed E-state index contributed by atoms with van der Waals surface area (Å²) in [7, 11) is 5.64. The van der Waals surface area contributed by atoms with Crippen LogP contribution in [0.15, 0.2) is 23.5 Å². The Bertz CT molecular complexity index is 1320. The smallest absolute Gasteiger partial charge is 0.225 e. The SMILES string of the molecule is CN(C)C(=O)[C@H]1CCc2c(sc3ncnc(Nc4cc5c(cc4N(C)CC(C)(C)O)CN=C5)c23)C1. The van der Waals surface area contributed by atoms with E-state index in [-0.39, 0.29) is 11.8 Å². The number of carbonyl (C=O) groups is 1. The number of aliphatic imine (C=N–C) groups is 1. The minimum atomic E-state index is -0.837. The summed E-state index contributed by atoms with van der Waals surface area (Å²) in [6.07, 6.45) is 5.93. The van der Waals surface area contributed by atoms with Crippen molar-refractivity contribution < 1.29 is 9.90 Å². The molecular formula is C26H32N6O2S. The number of nitrogens with one attached hydrogen (secondary N) is 1. The average Bonchev–Trinajstić information content (AvgIpc) is 3.40. The normalized spacial score (nSPS) is 16.8. The second kappa shape index (κ2) is 8.87. The molecule has 184 valence electrons. The zero-order valence-corrected chi connectivity index (χ0v) is 21.7. The van der Waals surface area contributed by atoms with Crippen molar-refractivity contribution >= 4 is 50.9 Å². The van der Waals surface area contributed by atoms with Crippen molar-refractivity contribution in [2.45, 2.75) is 45.3 Å². The van der Waals surface area contributed by atoms with Gasteiger partial charge in [-0.15, -0.1) is 11.3 Å². The highest BCUT2D eigenvalue weighted by atomic mass is 32.1. The Kier molecular flexibility index (Phi) is 6.01. The molecule has 8 nitrogen and oxygen atoms in total. The van der Waals surface area contributed by atoms with Crippen LogP contribution in [0, 0.1) is 5.92 Å². The molecule has 0 saturated carbocycles. The molecule has 5 rings (SSSR count). The van der Waals surface area contributed by atoms with Gasteiger partial charge in [0.15, 0.2) is 0 Å². The molecule has 9 heteroatoms. The Hall–Kier alpha value is -3.04. The maximum absolute atomic E-state index is 12.6. The van der Waals surface area contributed by atoms with Gasteiger partial charge >= 0.3 is 0 Å². The van der Waals surface area contributed by atoms with Gasteiger partial charge in [0.1, 0.15) is 17.0 Å². The lowest BCUT2D eigenvalue weighted by molar-refractivity contribution is -0.133. The van der Waals surface area contributed by atoms with Crippen molar-refractivity contribution in [3.8, 4) is 0 Å². The van der Waals surface area contributed by atoms with Crippen molar-refractivity contribution in [3.05, 3.63) is 40.0 Å². The third-order valence-electron chi connectivity index (χ3n) is 6.67. The van der Waals surface area contributed by atoms with Gasteiger partial charge in [-0.1, -0.05) is 0 Å². The lowest BCUT2D eigenvalue weighted by atomic mass is 9.87. The third-order valence-corrected chi connectivity index (χ3v) is 7.84. The number of anilines is 3. The first-order chi connectivity index (χ1) is 16.6. The molecule has 1 atom stereocenters. The maximum atomic E-state index is 12.6. The number of amides is 1. The molecule has 1 aromatic carbocycles. The van der Waals surface area contributed by atoms with Crippen LogP contribution in [0.4, 0.5) is 17.2 Å². The van der Waals surface area contributed by atoms with Crippen molar-refractivity contribution in [3.63, 3.8) is 0 Å². The average molecular weight is 493 g/mol. The molecule has 2 aromatic heterocycles. The van der Waals surface area contributed by atoms with Gasteiger partial charge in [0.25, 0.3) is 0 Å². The largest absolute Gasteiger partial charge is 0.389 e. The van der Waals surface area contributed by atoms with Crippen molar-refractivity contribution in [1.29, 1.82) is 0 Å². The number of likely N-dealkylation sites (N-methyl/N-ethyl adjacent to an activating group) is 1. The molecule has 1 amide bonds. The van der Waals surface area contributed by atoms with Crippen LogP contribution in [-0.2, 0) is 24.2 Å². The second-order valence-electron chi connectivity index (χ2n) is 10.4. The van der Waals surface area contributed by atoms with Gasteiger partial charge in [-0.25, -0.2) is 9.97 Å². The van der Waals surface area contributed by atoms with Gasteiger partial charge in [0, 0.05) is 44.7 Å². The molecule has 0 radical (unpaired) electrons. The standard InChI is InChI=1S/C26H32N6O2S/c1-26(2,34)13-32(5)20-9-17-12-27-11-16(17)8-19(20)30-23-22-18-7-6-15(25(33)31(3)4)10-21(18)35-24(22)29-14-28-23/h8-9,11,14-15,34H,6-7,10,12-13H2,1-5H3,(H,28,29,30)/t15-/m0/s1. The summed E-state index contributed by atoms with van der Waals surface area (Å²) in [5.74, 6) is 0.988. The summed E-state index contributed by atoms with van der Waals surface area (Å²) < 4.78 is 0. The van der Waals surface area contributed by atoms with Crippen molar-refractivity contribution in [2.24, 2.45) is 10.9 Å². The van der Waals surface area contributed by atoms with E-state index in [0.29, 0.717) is 13.1 Å². The lowest BCUT2D eigenvalue weighted by Gasteiger charge is -2.29. The zero-order chi connectivity index (χ0) is 24.9. The predicted molar refractivity (Wildman–Crippen MR) is 142 cm³/mol. The van der Waals surface area contributed by atoms with Crippen LogP contribution in [0.1, 0.15) is 41.8 Å². The van der Waals surface area contributed by atoms with E-state index >= 15 is 0 Å². The monoisotopic (exact) mass is 492 g/mol. The van der Waals surface area contributed by atoms with Crippen molar-refractivity contribution in [2.75, 3.05) is 37.9 Å². The van der Waals surface area contributed by atoms with Crippen LogP contribution in [-0.4, -0.2) is 65.4 Å². The first-order valence-corrected chi connectivity index (χ1v) is 12.8. The molecule has 3 aromatic rings. The van der Waals surface area contributed by atoms with E-state index in [4.69, 9.17) is 0 Å². The lowest BCUT2D eigenvalue weighted by Crippen LogP contribution is -2.36. The van der Waals surface area contributed by atoms with E-state index in [1.807, 2.05) is 41.2 Å². The number of hydrogen-bond acceptors (Lipinski definition) is 8. The quantitative estimate of drug-likeness (QED) is 0.544. The predicted octanol–water partition coefficient (Wildman–Crippen LogP) is 3.77. The molecule has 3 heterocycles. The minimum Gasteiger partial charge on any atom is -0.389 e. The number of nitrogens with zero attached hydrogens (tertiary/aromatic N) is 5. The molecule has 0 fully saturated rings. The molecule has 0 bridgehead atoms. The number of thiophene rings is 1. The van der Waals surface area contributed by atoms with E-state index < -0.39 is 5.60 Å². The van der Waals surface area contributed by atoms with Crippen LogP contribution in [0.3, 0.4) is 0 Å². The van der Waals surface area contributed by atoms with Gasteiger partial charge in [-0.05, 0) is 61.9 Å². The molecular weight excluding hydrogens is 460 g/mol. The molecule has 1 aliphatic carbocycles. The molecule has 0 saturated heterocycles. The number of aliphatic hydroxyl groups is 1.